The van der Waals surface area contributed by atoms with Crippen LogP contribution in [0.25, 0.3) is 0 Å². The van der Waals surface area contributed by atoms with Crippen molar-refractivity contribution in [1.82, 2.24) is 25.4 Å². The molecule has 22 heavy (non-hydrogen) atoms. The average Bonchev–Trinajstić information content (AvgIpc) is 3.07. The van der Waals surface area contributed by atoms with Gasteiger partial charge in [0.15, 0.2) is 11.8 Å². The van der Waals surface area contributed by atoms with Crippen LogP contribution in [0.3, 0.4) is 0 Å². The minimum Gasteiger partial charge on any atom is -0.356 e. The van der Waals surface area contributed by atoms with Crippen LogP contribution in [0.2, 0.25) is 0 Å². The highest BCUT2D eigenvalue weighted by molar-refractivity contribution is 5.80. The topological polar surface area (TPSA) is 67.1 Å². The van der Waals surface area contributed by atoms with Crippen LogP contribution < -0.4 is 10.6 Å². The Morgan fingerprint density at radius 2 is 2.23 bits per heavy atom. The highest BCUT2D eigenvalue weighted by Gasteiger charge is 2.37. The van der Waals surface area contributed by atoms with Crippen molar-refractivity contribution in [1.29, 1.82) is 0 Å². The number of aryl methyl sites for hydroxylation is 1. The third kappa shape index (κ3) is 3.42. The number of aromatic nitrogens is 3. The first-order valence-electron chi connectivity index (χ1n) is 8.40. The number of fused-ring (bicyclic) bond motifs is 1. The van der Waals surface area contributed by atoms with E-state index in [-0.39, 0.29) is 0 Å². The predicted molar refractivity (Wildman–Crippen MR) is 88.1 cm³/mol. The third-order valence-corrected chi connectivity index (χ3v) is 4.74. The van der Waals surface area contributed by atoms with E-state index >= 15 is 0 Å². The van der Waals surface area contributed by atoms with Crippen LogP contribution in [0, 0.1) is 5.41 Å². The fourth-order valence-electron chi connectivity index (χ4n) is 2.77. The summed E-state index contributed by atoms with van der Waals surface area (Å²) in [4.78, 5) is 8.99. The van der Waals surface area contributed by atoms with Crippen LogP contribution in [0.4, 0.5) is 0 Å². The number of aliphatic imine (C=N–C) groups is 1. The molecule has 122 valence electrons. The van der Waals surface area contributed by atoms with Crippen molar-refractivity contribution in [3.8, 4) is 0 Å². The van der Waals surface area contributed by atoms with E-state index in [1.807, 2.05) is 7.05 Å². The van der Waals surface area contributed by atoms with Crippen molar-refractivity contribution in [3.63, 3.8) is 0 Å². The summed E-state index contributed by atoms with van der Waals surface area (Å²) >= 11 is 0. The average molecular weight is 304 g/mol. The zero-order chi connectivity index (χ0) is 15.7. The third-order valence-electron chi connectivity index (χ3n) is 4.74. The maximum atomic E-state index is 4.64. The SMILES string of the molecule is CN=C(NCC1(C)CC1)NC1CCc2nc(C(C)C)nn2C1. The molecule has 6 heteroatoms. The van der Waals surface area contributed by atoms with Crippen molar-refractivity contribution in [2.45, 2.75) is 65.0 Å². The van der Waals surface area contributed by atoms with Gasteiger partial charge in [-0.15, -0.1) is 0 Å². The van der Waals surface area contributed by atoms with Crippen LogP contribution in [-0.2, 0) is 13.0 Å². The Bertz CT molecular complexity index is 555. The number of hydrogen-bond acceptors (Lipinski definition) is 3. The molecule has 6 nitrogen and oxygen atoms in total. The van der Waals surface area contributed by atoms with Gasteiger partial charge in [0.2, 0.25) is 0 Å². The van der Waals surface area contributed by atoms with E-state index < -0.39 is 0 Å². The molecule has 1 aliphatic heterocycles. The molecule has 0 bridgehead atoms. The first-order chi connectivity index (χ1) is 10.5. The molecule has 0 spiro atoms. The lowest BCUT2D eigenvalue weighted by Crippen LogP contribution is -2.48. The number of guanidine groups is 1. The van der Waals surface area contributed by atoms with E-state index in [1.54, 1.807) is 0 Å². The minimum absolute atomic E-state index is 0.368. The molecule has 2 aliphatic rings. The monoisotopic (exact) mass is 304 g/mol. The molecule has 3 rings (SSSR count). The molecular weight excluding hydrogens is 276 g/mol. The molecule has 1 aromatic heterocycles. The maximum absolute atomic E-state index is 4.64. The van der Waals surface area contributed by atoms with Crippen LogP contribution >= 0.6 is 0 Å². The summed E-state index contributed by atoms with van der Waals surface area (Å²) < 4.78 is 2.06. The number of nitrogens with one attached hydrogen (secondary N) is 2. The standard InChI is InChI=1S/C16H28N6/c1-11(2)14-20-13-6-5-12(9-22(13)21-14)19-15(17-4)18-10-16(3)7-8-16/h11-12H,5-10H2,1-4H3,(H2,17,18,19). The summed E-state index contributed by atoms with van der Waals surface area (Å²) in [6.45, 7) is 8.48. The Hall–Kier alpha value is -1.59. The van der Waals surface area contributed by atoms with Gasteiger partial charge in [-0.05, 0) is 24.7 Å². The van der Waals surface area contributed by atoms with Crippen molar-refractivity contribution < 1.29 is 0 Å². The molecule has 2 heterocycles. The highest BCUT2D eigenvalue weighted by atomic mass is 15.4. The molecule has 0 radical (unpaired) electrons. The maximum Gasteiger partial charge on any atom is 0.191 e. The summed E-state index contributed by atoms with van der Waals surface area (Å²) in [5.74, 6) is 3.37. The lowest BCUT2D eigenvalue weighted by Gasteiger charge is -2.26. The van der Waals surface area contributed by atoms with Crippen molar-refractivity contribution >= 4 is 5.96 Å². The summed E-state index contributed by atoms with van der Waals surface area (Å²) in [5.41, 5.74) is 0.482. The van der Waals surface area contributed by atoms with Gasteiger partial charge in [-0.2, -0.15) is 5.10 Å². The molecule has 0 amide bonds. The Morgan fingerprint density at radius 1 is 1.45 bits per heavy atom. The Labute approximate surface area is 132 Å². The van der Waals surface area contributed by atoms with Gasteiger partial charge in [0.1, 0.15) is 5.82 Å². The Morgan fingerprint density at radius 3 is 2.86 bits per heavy atom. The van der Waals surface area contributed by atoms with Crippen LogP contribution in [0.1, 0.15) is 57.6 Å². The zero-order valence-corrected chi connectivity index (χ0v) is 14.2. The van der Waals surface area contributed by atoms with Gasteiger partial charge in [0.05, 0.1) is 6.54 Å². The molecule has 0 aromatic carbocycles. The Balaban J connectivity index is 1.56. The first kappa shape index (κ1) is 15.3. The molecule has 1 aliphatic carbocycles. The number of rotatable bonds is 4. The predicted octanol–water partition coefficient (Wildman–Crippen LogP) is 1.68. The molecule has 1 aromatic rings. The largest absolute Gasteiger partial charge is 0.356 e. The van der Waals surface area contributed by atoms with Gasteiger partial charge in [-0.25, -0.2) is 9.67 Å². The van der Waals surface area contributed by atoms with Gasteiger partial charge >= 0.3 is 0 Å². The number of hydrogen-bond donors (Lipinski definition) is 2. The molecule has 2 N–H and O–H groups in total. The van der Waals surface area contributed by atoms with Gasteiger partial charge in [-0.1, -0.05) is 20.8 Å². The normalized spacial score (nSPS) is 23.3. The fourth-order valence-corrected chi connectivity index (χ4v) is 2.77. The van der Waals surface area contributed by atoms with E-state index in [0.717, 1.165) is 43.5 Å². The number of nitrogens with zero attached hydrogens (tertiary/aromatic N) is 4. The summed E-state index contributed by atoms with van der Waals surface area (Å²) in [5, 5.41) is 11.6. The van der Waals surface area contributed by atoms with E-state index in [2.05, 4.69) is 51.2 Å². The molecule has 1 atom stereocenters. The lowest BCUT2D eigenvalue weighted by atomic mass is 10.1. The quantitative estimate of drug-likeness (QED) is 0.656. The second-order valence-electron chi connectivity index (χ2n) is 7.34. The molecule has 1 unspecified atom stereocenters. The molecular formula is C16H28N6. The van der Waals surface area contributed by atoms with E-state index in [9.17, 15) is 0 Å². The van der Waals surface area contributed by atoms with E-state index in [1.165, 1.54) is 12.8 Å². The van der Waals surface area contributed by atoms with Gasteiger partial charge < -0.3 is 10.6 Å². The highest BCUT2D eigenvalue weighted by Crippen LogP contribution is 2.43. The van der Waals surface area contributed by atoms with E-state index in [4.69, 9.17) is 0 Å². The van der Waals surface area contributed by atoms with Crippen molar-refractivity contribution in [2.75, 3.05) is 13.6 Å². The molecule has 1 saturated carbocycles. The molecule has 1 fully saturated rings. The van der Waals surface area contributed by atoms with Crippen molar-refractivity contribution in [2.24, 2.45) is 10.4 Å². The molecule has 0 saturated heterocycles. The van der Waals surface area contributed by atoms with Crippen LogP contribution in [0.5, 0.6) is 0 Å². The summed E-state index contributed by atoms with van der Waals surface area (Å²) in [6.07, 6.45) is 4.70. The lowest BCUT2D eigenvalue weighted by molar-refractivity contribution is 0.390. The van der Waals surface area contributed by atoms with Gasteiger partial charge in [0.25, 0.3) is 0 Å². The van der Waals surface area contributed by atoms with Gasteiger partial charge in [0, 0.05) is 32.0 Å². The van der Waals surface area contributed by atoms with Crippen LogP contribution in [0.15, 0.2) is 4.99 Å². The summed E-state index contributed by atoms with van der Waals surface area (Å²) in [7, 11) is 1.84. The first-order valence-corrected chi connectivity index (χ1v) is 8.40. The minimum atomic E-state index is 0.368. The summed E-state index contributed by atoms with van der Waals surface area (Å²) in [6, 6.07) is 0.368. The second-order valence-corrected chi connectivity index (χ2v) is 7.34. The Kier molecular flexibility index (Phi) is 4.10. The smallest absolute Gasteiger partial charge is 0.191 e. The van der Waals surface area contributed by atoms with E-state index in [0.29, 0.717) is 17.4 Å². The fraction of sp³-hybridized carbons (Fsp3) is 0.812. The zero-order valence-electron chi connectivity index (χ0n) is 14.2. The second kappa shape index (κ2) is 5.89. The van der Waals surface area contributed by atoms with Crippen molar-refractivity contribution in [3.05, 3.63) is 11.6 Å². The van der Waals surface area contributed by atoms with Crippen LogP contribution in [-0.4, -0.2) is 40.4 Å². The van der Waals surface area contributed by atoms with Gasteiger partial charge in [-0.3, -0.25) is 4.99 Å².